The van der Waals surface area contributed by atoms with Crippen LogP contribution in [0.5, 0.6) is 0 Å². The molecule has 4 heteroatoms. The number of halogens is 1. The van der Waals surface area contributed by atoms with Crippen LogP contribution in [0.2, 0.25) is 0 Å². The number of hydrazine groups is 1. The van der Waals surface area contributed by atoms with Crippen LogP contribution in [0.4, 0.5) is 10.1 Å². The summed E-state index contributed by atoms with van der Waals surface area (Å²) in [6.07, 6.45) is 1.64. The van der Waals surface area contributed by atoms with Crippen molar-refractivity contribution in [1.29, 1.82) is 0 Å². The Morgan fingerprint density at radius 2 is 1.95 bits per heavy atom. The lowest BCUT2D eigenvalue weighted by molar-refractivity contribution is 0.146. The molecule has 0 heterocycles. The van der Waals surface area contributed by atoms with Crippen LogP contribution in [-0.2, 0) is 17.9 Å². The predicted octanol–water partition coefficient (Wildman–Crippen LogP) is 3.65. The van der Waals surface area contributed by atoms with Crippen LogP contribution in [0, 0.1) is 5.82 Å². The highest BCUT2D eigenvalue weighted by atomic mass is 19.1. The molecule has 0 spiro atoms. The van der Waals surface area contributed by atoms with E-state index in [2.05, 4.69) is 17.4 Å². The molecule has 0 amide bonds. The Hall–Kier alpha value is -2.17. The number of hydrogen-bond acceptors (Lipinski definition) is 3. The molecule has 2 aromatic carbocycles. The molecule has 0 unspecified atom stereocenters. The van der Waals surface area contributed by atoms with Gasteiger partial charge in [-0.15, -0.1) is 6.58 Å². The van der Waals surface area contributed by atoms with Gasteiger partial charge in [-0.25, -0.2) is 9.82 Å². The number of rotatable bonds is 8. The Bertz CT molecular complexity index is 572. The molecule has 0 aliphatic carbocycles. The minimum Gasteiger partial charge on any atom is -0.373 e. The first-order chi connectivity index (χ1) is 10.3. The Morgan fingerprint density at radius 1 is 1.14 bits per heavy atom. The third-order valence-electron chi connectivity index (χ3n) is 2.91. The predicted molar refractivity (Wildman–Crippen MR) is 83.2 cm³/mol. The van der Waals surface area contributed by atoms with Gasteiger partial charge in [-0.1, -0.05) is 36.4 Å². The van der Waals surface area contributed by atoms with Gasteiger partial charge in [0.15, 0.2) is 0 Å². The van der Waals surface area contributed by atoms with E-state index in [-0.39, 0.29) is 12.4 Å². The lowest BCUT2D eigenvalue weighted by atomic mass is 10.1. The molecule has 110 valence electrons. The van der Waals surface area contributed by atoms with E-state index in [0.29, 0.717) is 18.7 Å². The fraction of sp³-hybridized carbons (Fsp3) is 0.176. The largest absolute Gasteiger partial charge is 0.373 e. The summed E-state index contributed by atoms with van der Waals surface area (Å²) in [6.45, 7) is 4.76. The fourth-order valence-corrected chi connectivity index (χ4v) is 1.84. The van der Waals surface area contributed by atoms with Crippen LogP contribution >= 0.6 is 0 Å². The van der Waals surface area contributed by atoms with Crippen LogP contribution in [-0.4, -0.2) is 6.61 Å². The summed E-state index contributed by atoms with van der Waals surface area (Å²) in [4.78, 5) is 0. The van der Waals surface area contributed by atoms with Crippen LogP contribution in [0.3, 0.4) is 0 Å². The maximum Gasteiger partial charge on any atom is 0.129 e. The van der Waals surface area contributed by atoms with Gasteiger partial charge in [0, 0.05) is 17.8 Å². The van der Waals surface area contributed by atoms with E-state index in [0.717, 1.165) is 11.3 Å². The number of benzene rings is 2. The minimum absolute atomic E-state index is 0.252. The Labute approximate surface area is 124 Å². The molecule has 0 bridgehead atoms. The normalized spacial score (nSPS) is 10.3. The summed E-state index contributed by atoms with van der Waals surface area (Å²) in [7, 11) is 0. The van der Waals surface area contributed by atoms with Crippen LogP contribution in [0.25, 0.3) is 0 Å². The van der Waals surface area contributed by atoms with E-state index in [1.54, 1.807) is 12.1 Å². The Balaban J connectivity index is 1.84. The average Bonchev–Trinajstić information content (AvgIpc) is 2.51. The van der Waals surface area contributed by atoms with Gasteiger partial charge in [0.2, 0.25) is 0 Å². The van der Waals surface area contributed by atoms with Gasteiger partial charge < -0.3 is 10.2 Å². The first-order valence-electron chi connectivity index (χ1n) is 6.79. The Morgan fingerprint density at radius 3 is 2.67 bits per heavy atom. The molecule has 0 fully saturated rings. The number of anilines is 1. The molecule has 2 rings (SSSR count). The summed E-state index contributed by atoms with van der Waals surface area (Å²) >= 11 is 0. The molecule has 0 radical (unpaired) electrons. The van der Waals surface area contributed by atoms with Crippen molar-refractivity contribution in [3.8, 4) is 0 Å². The number of para-hydroxylation sites is 1. The highest BCUT2D eigenvalue weighted by Crippen LogP contribution is 2.12. The molecule has 0 aliphatic heterocycles. The first-order valence-corrected chi connectivity index (χ1v) is 6.79. The van der Waals surface area contributed by atoms with Crippen molar-refractivity contribution >= 4 is 5.69 Å². The van der Waals surface area contributed by atoms with Gasteiger partial charge in [0.1, 0.15) is 5.82 Å². The second-order valence-corrected chi connectivity index (χ2v) is 4.57. The van der Waals surface area contributed by atoms with E-state index >= 15 is 0 Å². The molecule has 3 nitrogen and oxygen atoms in total. The first kappa shape index (κ1) is 15.2. The summed E-state index contributed by atoms with van der Waals surface area (Å²) in [5.41, 5.74) is 8.50. The monoisotopic (exact) mass is 286 g/mol. The molecule has 2 aromatic rings. The zero-order chi connectivity index (χ0) is 14.9. The van der Waals surface area contributed by atoms with Crippen LogP contribution in [0.15, 0.2) is 61.2 Å². The average molecular weight is 286 g/mol. The van der Waals surface area contributed by atoms with Crippen LogP contribution < -0.4 is 10.9 Å². The van der Waals surface area contributed by atoms with Crippen molar-refractivity contribution in [2.45, 2.75) is 13.2 Å². The molecule has 0 aromatic heterocycles. The molecule has 2 N–H and O–H groups in total. The van der Waals surface area contributed by atoms with Crippen molar-refractivity contribution in [1.82, 2.24) is 5.43 Å². The Kier molecular flexibility index (Phi) is 5.94. The zero-order valence-electron chi connectivity index (χ0n) is 11.8. The molecule has 0 aliphatic rings. The topological polar surface area (TPSA) is 33.3 Å². The van der Waals surface area contributed by atoms with E-state index in [9.17, 15) is 4.39 Å². The number of hydrogen-bond donors (Lipinski definition) is 2. The van der Waals surface area contributed by atoms with E-state index in [1.165, 1.54) is 6.07 Å². The second kappa shape index (κ2) is 8.19. The van der Waals surface area contributed by atoms with Crippen molar-refractivity contribution in [3.05, 3.63) is 78.1 Å². The van der Waals surface area contributed by atoms with Crippen molar-refractivity contribution in [2.24, 2.45) is 0 Å². The standard InChI is InChI=1S/C17H19FN2O/c1-2-10-21-13-15-9-8-14(11-17(15)18)12-19-20-16-6-4-3-5-7-16/h2-9,11,19-20H,1,10,12-13H2. The summed E-state index contributed by atoms with van der Waals surface area (Å²) < 4.78 is 19.1. The van der Waals surface area contributed by atoms with Crippen LogP contribution in [0.1, 0.15) is 11.1 Å². The van der Waals surface area contributed by atoms with Gasteiger partial charge in [-0.3, -0.25) is 0 Å². The maximum absolute atomic E-state index is 13.9. The van der Waals surface area contributed by atoms with Crippen molar-refractivity contribution < 1.29 is 9.13 Å². The van der Waals surface area contributed by atoms with Gasteiger partial charge in [0.25, 0.3) is 0 Å². The molecule has 21 heavy (non-hydrogen) atoms. The van der Waals surface area contributed by atoms with Gasteiger partial charge in [-0.2, -0.15) is 0 Å². The van der Waals surface area contributed by atoms with Gasteiger partial charge in [-0.05, 0) is 23.8 Å². The molecule has 0 atom stereocenters. The number of nitrogens with one attached hydrogen (secondary N) is 2. The zero-order valence-corrected chi connectivity index (χ0v) is 11.8. The quantitative estimate of drug-likeness (QED) is 0.441. The molecule has 0 saturated carbocycles. The highest BCUT2D eigenvalue weighted by Gasteiger charge is 2.03. The summed E-state index contributed by atoms with van der Waals surface area (Å²) in [5.74, 6) is -0.252. The SMILES string of the molecule is C=CCOCc1ccc(CNNc2ccccc2)cc1F. The smallest absolute Gasteiger partial charge is 0.129 e. The van der Waals surface area contributed by atoms with E-state index in [1.807, 2.05) is 36.4 Å². The maximum atomic E-state index is 13.9. The van der Waals surface area contributed by atoms with Crippen molar-refractivity contribution in [2.75, 3.05) is 12.0 Å². The fourth-order valence-electron chi connectivity index (χ4n) is 1.84. The third-order valence-corrected chi connectivity index (χ3v) is 2.91. The highest BCUT2D eigenvalue weighted by molar-refractivity contribution is 5.41. The molecular formula is C17H19FN2O. The second-order valence-electron chi connectivity index (χ2n) is 4.57. The number of ether oxygens (including phenoxy) is 1. The van der Waals surface area contributed by atoms with Crippen molar-refractivity contribution in [3.63, 3.8) is 0 Å². The van der Waals surface area contributed by atoms with Gasteiger partial charge in [0.05, 0.1) is 13.2 Å². The lowest BCUT2D eigenvalue weighted by Crippen LogP contribution is -2.20. The van der Waals surface area contributed by atoms with E-state index in [4.69, 9.17) is 4.74 Å². The lowest BCUT2D eigenvalue weighted by Gasteiger charge is -2.10. The molecular weight excluding hydrogens is 267 g/mol. The van der Waals surface area contributed by atoms with Gasteiger partial charge >= 0.3 is 0 Å². The third kappa shape index (κ3) is 5.02. The summed E-state index contributed by atoms with van der Waals surface area (Å²) in [6, 6.07) is 14.9. The minimum atomic E-state index is -0.252. The van der Waals surface area contributed by atoms with E-state index < -0.39 is 0 Å². The summed E-state index contributed by atoms with van der Waals surface area (Å²) in [5, 5.41) is 0. The molecule has 0 saturated heterocycles.